The lowest BCUT2D eigenvalue weighted by Crippen LogP contribution is -2.30. The van der Waals surface area contributed by atoms with Crippen LogP contribution in [0.5, 0.6) is 0 Å². The highest BCUT2D eigenvalue weighted by Crippen LogP contribution is 2.22. The van der Waals surface area contributed by atoms with Crippen LogP contribution in [-0.4, -0.2) is 5.91 Å². The van der Waals surface area contributed by atoms with E-state index in [-0.39, 0.29) is 24.2 Å². The Morgan fingerprint density at radius 2 is 1.48 bits per heavy atom. The molecule has 0 aromatic heterocycles. The third kappa shape index (κ3) is 4.32. The number of hydrogen-bond acceptors (Lipinski definition) is 1. The molecule has 1 amide bonds. The van der Waals surface area contributed by atoms with Crippen LogP contribution in [0.15, 0.2) is 78.9 Å². The largest absolute Gasteiger partial charge is 0.345 e. The van der Waals surface area contributed by atoms with E-state index in [2.05, 4.69) is 5.32 Å². The van der Waals surface area contributed by atoms with Gasteiger partial charge in [-0.3, -0.25) is 4.79 Å². The summed E-state index contributed by atoms with van der Waals surface area (Å²) in [6.07, 6.45) is 0.0157. The SMILES string of the molecule is Cc1ccc(C(NC(=O)Cc2ccccc2F)c2ccccc2)cc1. The van der Waals surface area contributed by atoms with Gasteiger partial charge in [0.15, 0.2) is 0 Å². The molecule has 0 aliphatic carbocycles. The zero-order valence-electron chi connectivity index (χ0n) is 14.1. The Kier molecular flexibility index (Phi) is 5.24. The molecule has 2 nitrogen and oxygen atoms in total. The second-order valence-electron chi connectivity index (χ2n) is 6.09. The second-order valence-corrected chi connectivity index (χ2v) is 6.09. The fourth-order valence-electron chi connectivity index (χ4n) is 2.79. The van der Waals surface area contributed by atoms with Crippen molar-refractivity contribution in [2.75, 3.05) is 0 Å². The molecule has 0 aliphatic heterocycles. The Labute approximate surface area is 147 Å². The first-order valence-corrected chi connectivity index (χ1v) is 8.28. The fraction of sp³-hybridized carbons (Fsp3) is 0.136. The number of carbonyl (C=O) groups excluding carboxylic acids is 1. The molecule has 0 spiro atoms. The minimum atomic E-state index is -0.357. The minimum absolute atomic E-state index is 0.0157. The summed E-state index contributed by atoms with van der Waals surface area (Å²) in [5.41, 5.74) is 3.55. The molecular formula is C22H20FNO. The number of amides is 1. The van der Waals surface area contributed by atoms with Crippen LogP contribution in [0.25, 0.3) is 0 Å². The van der Waals surface area contributed by atoms with E-state index in [4.69, 9.17) is 0 Å². The monoisotopic (exact) mass is 333 g/mol. The zero-order valence-corrected chi connectivity index (χ0v) is 14.1. The maximum absolute atomic E-state index is 13.8. The molecule has 126 valence electrons. The van der Waals surface area contributed by atoms with E-state index in [1.54, 1.807) is 18.2 Å². The summed E-state index contributed by atoms with van der Waals surface area (Å²) < 4.78 is 13.8. The van der Waals surface area contributed by atoms with Crippen molar-refractivity contribution >= 4 is 5.91 Å². The van der Waals surface area contributed by atoms with Crippen LogP contribution in [0.4, 0.5) is 4.39 Å². The number of nitrogens with one attached hydrogen (secondary N) is 1. The van der Waals surface area contributed by atoms with Crippen molar-refractivity contribution in [1.29, 1.82) is 0 Å². The number of hydrogen-bond donors (Lipinski definition) is 1. The van der Waals surface area contributed by atoms with E-state index in [0.29, 0.717) is 5.56 Å². The highest BCUT2D eigenvalue weighted by Gasteiger charge is 2.17. The average Bonchev–Trinajstić information content (AvgIpc) is 2.63. The predicted octanol–water partition coefficient (Wildman–Crippen LogP) is 4.58. The summed E-state index contributed by atoms with van der Waals surface area (Å²) in [5, 5.41) is 3.04. The number of benzene rings is 3. The molecule has 0 fully saturated rings. The van der Waals surface area contributed by atoms with Crippen molar-refractivity contribution in [3.8, 4) is 0 Å². The van der Waals surface area contributed by atoms with Gasteiger partial charge in [-0.15, -0.1) is 0 Å². The number of halogens is 1. The highest BCUT2D eigenvalue weighted by molar-refractivity contribution is 5.79. The van der Waals surface area contributed by atoms with Crippen LogP contribution in [0.3, 0.4) is 0 Å². The quantitative estimate of drug-likeness (QED) is 0.727. The lowest BCUT2D eigenvalue weighted by Gasteiger charge is -2.20. The van der Waals surface area contributed by atoms with Crippen molar-refractivity contribution in [3.05, 3.63) is 107 Å². The molecule has 3 heteroatoms. The Morgan fingerprint density at radius 1 is 0.880 bits per heavy atom. The smallest absolute Gasteiger partial charge is 0.225 e. The maximum atomic E-state index is 13.8. The first-order valence-electron chi connectivity index (χ1n) is 8.28. The van der Waals surface area contributed by atoms with Gasteiger partial charge < -0.3 is 5.32 Å². The van der Waals surface area contributed by atoms with E-state index >= 15 is 0 Å². The van der Waals surface area contributed by atoms with Gasteiger partial charge in [0, 0.05) is 0 Å². The Balaban J connectivity index is 1.84. The molecular weight excluding hydrogens is 313 g/mol. The summed E-state index contributed by atoms with van der Waals surface area (Å²) in [6, 6.07) is 24.0. The van der Waals surface area contributed by atoms with Gasteiger partial charge in [-0.25, -0.2) is 4.39 Å². The third-order valence-corrected chi connectivity index (χ3v) is 4.16. The summed E-state index contributed by atoms with van der Waals surface area (Å²) in [7, 11) is 0. The van der Waals surface area contributed by atoms with E-state index in [1.807, 2.05) is 61.5 Å². The van der Waals surface area contributed by atoms with Gasteiger partial charge in [0.2, 0.25) is 5.91 Å². The fourth-order valence-corrected chi connectivity index (χ4v) is 2.79. The molecule has 1 atom stereocenters. The van der Waals surface area contributed by atoms with Gasteiger partial charge in [-0.2, -0.15) is 0 Å². The van der Waals surface area contributed by atoms with Gasteiger partial charge in [-0.1, -0.05) is 78.4 Å². The minimum Gasteiger partial charge on any atom is -0.345 e. The molecule has 0 aliphatic rings. The lowest BCUT2D eigenvalue weighted by molar-refractivity contribution is -0.121. The molecule has 3 aromatic rings. The normalized spacial score (nSPS) is 11.8. The molecule has 0 saturated carbocycles. The highest BCUT2D eigenvalue weighted by atomic mass is 19.1. The van der Waals surface area contributed by atoms with E-state index < -0.39 is 0 Å². The summed E-state index contributed by atoms with van der Waals surface area (Å²) >= 11 is 0. The second kappa shape index (κ2) is 7.75. The van der Waals surface area contributed by atoms with Gasteiger partial charge in [0.25, 0.3) is 0 Å². The van der Waals surface area contributed by atoms with Gasteiger partial charge in [0.05, 0.1) is 12.5 Å². The van der Waals surface area contributed by atoms with Gasteiger partial charge in [-0.05, 0) is 29.7 Å². The Bertz CT molecular complexity index is 843. The van der Waals surface area contributed by atoms with E-state index in [1.165, 1.54) is 6.07 Å². The van der Waals surface area contributed by atoms with Gasteiger partial charge in [0.1, 0.15) is 5.82 Å². The van der Waals surface area contributed by atoms with Gasteiger partial charge >= 0.3 is 0 Å². The standard InChI is InChI=1S/C22H20FNO/c1-16-11-13-18(14-12-16)22(17-7-3-2-4-8-17)24-21(25)15-19-9-5-6-10-20(19)23/h2-14,22H,15H2,1H3,(H,24,25). The van der Waals surface area contributed by atoms with Crippen molar-refractivity contribution in [2.24, 2.45) is 0 Å². The first kappa shape index (κ1) is 16.9. The van der Waals surface area contributed by atoms with Crippen LogP contribution in [-0.2, 0) is 11.2 Å². The van der Waals surface area contributed by atoms with Crippen LogP contribution >= 0.6 is 0 Å². The van der Waals surface area contributed by atoms with Crippen molar-refractivity contribution < 1.29 is 9.18 Å². The van der Waals surface area contributed by atoms with Crippen LogP contribution < -0.4 is 5.32 Å². The Hall–Kier alpha value is -2.94. The van der Waals surface area contributed by atoms with Crippen LogP contribution in [0.2, 0.25) is 0 Å². The number of aryl methyl sites for hydroxylation is 1. The molecule has 1 N–H and O–H groups in total. The third-order valence-electron chi connectivity index (χ3n) is 4.16. The molecule has 0 bridgehead atoms. The number of carbonyl (C=O) groups is 1. The van der Waals surface area contributed by atoms with E-state index in [9.17, 15) is 9.18 Å². The summed E-state index contributed by atoms with van der Waals surface area (Å²) in [6.45, 7) is 2.03. The number of rotatable bonds is 5. The molecule has 0 radical (unpaired) electrons. The molecule has 25 heavy (non-hydrogen) atoms. The van der Waals surface area contributed by atoms with Crippen LogP contribution in [0, 0.1) is 12.7 Å². The van der Waals surface area contributed by atoms with Crippen LogP contribution in [0.1, 0.15) is 28.3 Å². The lowest BCUT2D eigenvalue weighted by atomic mass is 9.97. The zero-order chi connectivity index (χ0) is 17.6. The molecule has 3 rings (SSSR count). The molecule has 0 heterocycles. The van der Waals surface area contributed by atoms with Crippen molar-refractivity contribution in [2.45, 2.75) is 19.4 Å². The topological polar surface area (TPSA) is 29.1 Å². The Morgan fingerprint density at radius 3 is 2.16 bits per heavy atom. The van der Waals surface area contributed by atoms with Crippen molar-refractivity contribution in [3.63, 3.8) is 0 Å². The maximum Gasteiger partial charge on any atom is 0.225 e. The average molecular weight is 333 g/mol. The predicted molar refractivity (Wildman–Crippen MR) is 97.7 cm³/mol. The molecule has 0 saturated heterocycles. The molecule has 3 aromatic carbocycles. The summed E-state index contributed by atoms with van der Waals surface area (Å²) in [4.78, 5) is 12.5. The summed E-state index contributed by atoms with van der Waals surface area (Å²) in [5.74, 6) is -0.566. The first-order chi connectivity index (χ1) is 12.1. The molecule has 1 unspecified atom stereocenters. The van der Waals surface area contributed by atoms with E-state index in [0.717, 1.165) is 16.7 Å². The van der Waals surface area contributed by atoms with Crippen molar-refractivity contribution in [1.82, 2.24) is 5.32 Å².